The molecule has 10 heteroatoms. The van der Waals surface area contributed by atoms with Crippen molar-refractivity contribution in [2.45, 2.75) is 27.2 Å². The minimum atomic E-state index is -0.0621. The molecule has 7 nitrogen and oxygen atoms in total. The second-order valence-electron chi connectivity index (χ2n) is 7.38. The second kappa shape index (κ2) is 10.1. The van der Waals surface area contributed by atoms with Crippen LogP contribution in [0.4, 0.5) is 5.13 Å². The van der Waals surface area contributed by atoms with Gasteiger partial charge in [0.2, 0.25) is 0 Å². The van der Waals surface area contributed by atoms with E-state index in [0.29, 0.717) is 17.1 Å². The lowest BCUT2D eigenvalue weighted by molar-refractivity contribution is 0.0376. The molecule has 0 N–H and O–H groups in total. The molecule has 0 aliphatic carbocycles. The monoisotopic (exact) mass is 467 g/mol. The van der Waals surface area contributed by atoms with Crippen LogP contribution in [-0.2, 0) is 4.74 Å². The highest BCUT2D eigenvalue weighted by Crippen LogP contribution is 2.33. The van der Waals surface area contributed by atoms with E-state index in [1.807, 2.05) is 11.8 Å². The number of anilines is 1. The predicted octanol–water partition coefficient (Wildman–Crippen LogP) is 3.86. The quantitative estimate of drug-likeness (QED) is 0.548. The number of hydrogen-bond donors (Lipinski definition) is 0. The van der Waals surface area contributed by atoms with Crippen molar-refractivity contribution in [3.63, 3.8) is 0 Å². The molecular formula is C20H26ClN5O2S2. The summed E-state index contributed by atoms with van der Waals surface area (Å²) in [6.07, 6.45) is 0.880. The maximum atomic E-state index is 13.3. The second-order valence-corrected chi connectivity index (χ2v) is 9.11. The number of halogens is 1. The molecule has 1 aliphatic rings. The third-order valence-electron chi connectivity index (χ3n) is 5.09. The van der Waals surface area contributed by atoms with Gasteiger partial charge in [-0.3, -0.25) is 14.6 Å². The Hall–Kier alpha value is -1.65. The van der Waals surface area contributed by atoms with Crippen LogP contribution in [0.3, 0.4) is 0 Å². The van der Waals surface area contributed by atoms with Crippen LogP contribution in [0.1, 0.15) is 32.9 Å². The highest BCUT2D eigenvalue weighted by atomic mass is 35.5. The fraction of sp³-hybridized carbons (Fsp3) is 0.500. The van der Waals surface area contributed by atoms with Crippen molar-refractivity contribution in [2.24, 2.45) is 0 Å². The topological polar surface area (TPSA) is 71.5 Å². The molecule has 0 saturated carbocycles. The molecule has 1 aliphatic heterocycles. The third kappa shape index (κ3) is 4.97. The highest BCUT2D eigenvalue weighted by molar-refractivity contribution is 7.22. The number of ether oxygens (including phenoxy) is 1. The van der Waals surface area contributed by atoms with Gasteiger partial charge in [-0.15, -0.1) is 17.5 Å². The van der Waals surface area contributed by atoms with Crippen LogP contribution in [0.25, 0.3) is 10.2 Å². The summed E-state index contributed by atoms with van der Waals surface area (Å²) in [4.78, 5) is 22.9. The zero-order valence-corrected chi connectivity index (χ0v) is 19.8. The Morgan fingerprint density at radius 2 is 2.00 bits per heavy atom. The average Bonchev–Trinajstić information content (AvgIpc) is 3.32. The smallest absolute Gasteiger partial charge is 0.273 e. The maximum Gasteiger partial charge on any atom is 0.273 e. The van der Waals surface area contributed by atoms with Gasteiger partial charge in [-0.25, -0.2) is 4.98 Å². The first-order valence-electron chi connectivity index (χ1n) is 9.81. The number of aromatic nitrogens is 3. The van der Waals surface area contributed by atoms with Gasteiger partial charge in [-0.1, -0.05) is 21.9 Å². The van der Waals surface area contributed by atoms with Crippen LogP contribution < -0.4 is 4.90 Å². The predicted molar refractivity (Wildman–Crippen MR) is 125 cm³/mol. The van der Waals surface area contributed by atoms with Crippen LogP contribution in [0.15, 0.2) is 12.1 Å². The van der Waals surface area contributed by atoms with Gasteiger partial charge in [0, 0.05) is 26.2 Å². The fourth-order valence-electron chi connectivity index (χ4n) is 3.59. The zero-order chi connectivity index (χ0) is 20.4. The van der Waals surface area contributed by atoms with E-state index in [0.717, 1.165) is 66.1 Å². The zero-order valence-electron chi connectivity index (χ0n) is 17.4. The molecule has 0 bridgehead atoms. The Morgan fingerprint density at radius 1 is 1.23 bits per heavy atom. The molecule has 3 heterocycles. The van der Waals surface area contributed by atoms with Crippen molar-refractivity contribution in [2.75, 3.05) is 44.3 Å². The van der Waals surface area contributed by atoms with Crippen molar-refractivity contribution in [1.82, 2.24) is 19.5 Å². The number of amides is 1. The summed E-state index contributed by atoms with van der Waals surface area (Å²) in [6, 6.07) is 4.24. The summed E-state index contributed by atoms with van der Waals surface area (Å²) in [7, 11) is 0. The Morgan fingerprint density at radius 3 is 2.70 bits per heavy atom. The molecule has 0 spiro atoms. The maximum absolute atomic E-state index is 13.3. The fourth-order valence-corrected chi connectivity index (χ4v) is 5.24. The largest absolute Gasteiger partial charge is 0.379 e. The standard InChI is InChI=1S/C20H25N5O2S2.ClH/c1-13-11-14(2)17-16(12-13)21-20(28-17)25(19(26)18-15(3)22-23-29-18)6-4-5-24-7-9-27-10-8-24;/h11-12H,4-10H2,1-3H3;1H. The average molecular weight is 468 g/mol. The molecule has 0 atom stereocenters. The van der Waals surface area contributed by atoms with Gasteiger partial charge < -0.3 is 4.74 Å². The summed E-state index contributed by atoms with van der Waals surface area (Å²) in [5.41, 5.74) is 4.00. The Bertz CT molecular complexity index is 1020. The van der Waals surface area contributed by atoms with Gasteiger partial charge >= 0.3 is 0 Å². The SMILES string of the molecule is Cc1cc(C)c2sc(N(CCCN3CCOCC3)C(=O)c3snnc3C)nc2c1.Cl. The van der Waals surface area contributed by atoms with E-state index >= 15 is 0 Å². The van der Waals surface area contributed by atoms with Crippen LogP contribution in [0.2, 0.25) is 0 Å². The number of thiazole rings is 1. The van der Waals surface area contributed by atoms with Crippen molar-refractivity contribution in [1.29, 1.82) is 0 Å². The molecule has 1 saturated heterocycles. The van der Waals surface area contributed by atoms with Crippen LogP contribution in [0, 0.1) is 20.8 Å². The molecule has 0 unspecified atom stereocenters. The number of hydrogen-bond acceptors (Lipinski definition) is 8. The van der Waals surface area contributed by atoms with Crippen molar-refractivity contribution < 1.29 is 9.53 Å². The first-order chi connectivity index (χ1) is 14.0. The van der Waals surface area contributed by atoms with E-state index in [-0.39, 0.29) is 18.3 Å². The minimum absolute atomic E-state index is 0. The van der Waals surface area contributed by atoms with Gasteiger partial charge in [0.15, 0.2) is 5.13 Å². The number of carbonyl (C=O) groups excluding carboxylic acids is 1. The molecule has 0 radical (unpaired) electrons. The number of morpholine rings is 1. The first kappa shape index (κ1) is 23.0. The summed E-state index contributed by atoms with van der Waals surface area (Å²) in [5.74, 6) is -0.0621. The van der Waals surface area contributed by atoms with E-state index in [1.165, 1.54) is 11.1 Å². The van der Waals surface area contributed by atoms with E-state index in [9.17, 15) is 4.79 Å². The summed E-state index contributed by atoms with van der Waals surface area (Å²) in [6.45, 7) is 11.0. The van der Waals surface area contributed by atoms with Gasteiger partial charge in [0.1, 0.15) is 4.88 Å². The first-order valence-corrected chi connectivity index (χ1v) is 11.4. The summed E-state index contributed by atoms with van der Waals surface area (Å²) >= 11 is 2.73. The van der Waals surface area contributed by atoms with Crippen LogP contribution in [0.5, 0.6) is 0 Å². The highest BCUT2D eigenvalue weighted by Gasteiger charge is 2.25. The summed E-state index contributed by atoms with van der Waals surface area (Å²) in [5, 5.41) is 4.76. The Labute approximate surface area is 190 Å². The number of benzene rings is 1. The molecule has 1 amide bonds. The molecule has 30 heavy (non-hydrogen) atoms. The van der Waals surface area contributed by atoms with Crippen LogP contribution in [-0.4, -0.2) is 64.8 Å². The van der Waals surface area contributed by atoms with Crippen molar-refractivity contribution in [3.05, 3.63) is 33.8 Å². The Balaban J connectivity index is 0.00000256. The van der Waals surface area contributed by atoms with E-state index < -0.39 is 0 Å². The van der Waals surface area contributed by atoms with Gasteiger partial charge in [0.25, 0.3) is 5.91 Å². The molecule has 2 aromatic heterocycles. The molecular weight excluding hydrogens is 442 g/mol. The Kier molecular flexibility index (Phi) is 7.75. The van der Waals surface area contributed by atoms with E-state index in [4.69, 9.17) is 9.72 Å². The lowest BCUT2D eigenvalue weighted by atomic mass is 10.1. The van der Waals surface area contributed by atoms with Crippen molar-refractivity contribution in [3.8, 4) is 0 Å². The molecule has 1 fully saturated rings. The summed E-state index contributed by atoms with van der Waals surface area (Å²) < 4.78 is 10.5. The lowest BCUT2D eigenvalue weighted by Crippen LogP contribution is -2.39. The lowest BCUT2D eigenvalue weighted by Gasteiger charge is -2.27. The normalized spacial score (nSPS) is 14.6. The minimum Gasteiger partial charge on any atom is -0.379 e. The number of carbonyl (C=O) groups is 1. The van der Waals surface area contributed by atoms with E-state index in [1.54, 1.807) is 11.3 Å². The number of fused-ring (bicyclic) bond motifs is 1. The number of nitrogens with zero attached hydrogens (tertiary/aromatic N) is 5. The number of aryl methyl sites for hydroxylation is 3. The third-order valence-corrected chi connectivity index (χ3v) is 7.14. The van der Waals surface area contributed by atoms with Crippen molar-refractivity contribution >= 4 is 56.5 Å². The van der Waals surface area contributed by atoms with Crippen LogP contribution >= 0.6 is 35.3 Å². The van der Waals surface area contributed by atoms with Gasteiger partial charge in [-0.2, -0.15) is 0 Å². The van der Waals surface area contributed by atoms with Gasteiger partial charge in [-0.05, 0) is 55.9 Å². The molecule has 3 aromatic rings. The van der Waals surface area contributed by atoms with Gasteiger partial charge in [0.05, 0.1) is 29.1 Å². The molecule has 4 rings (SSSR count). The number of rotatable bonds is 6. The molecule has 1 aromatic carbocycles. The van der Waals surface area contributed by atoms with E-state index in [2.05, 4.69) is 40.5 Å². The molecule has 162 valence electrons.